The minimum Gasteiger partial charge on any atom is -0.497 e. The molecule has 1 aromatic carbocycles. The Labute approximate surface area is 157 Å². The zero-order valence-electron chi connectivity index (χ0n) is 15.4. The number of nitrogens with one attached hydrogen (secondary N) is 1. The molecule has 0 unspecified atom stereocenters. The average molecular weight is 376 g/mol. The molecule has 146 valence electrons. The first kappa shape index (κ1) is 20.2. The van der Waals surface area contributed by atoms with E-state index in [1.54, 1.807) is 36.3 Å². The Balaban J connectivity index is 2.05. The molecule has 1 aliphatic rings. The van der Waals surface area contributed by atoms with E-state index in [-0.39, 0.29) is 31.2 Å². The van der Waals surface area contributed by atoms with Gasteiger partial charge in [-0.05, 0) is 18.6 Å². The standard InChI is InChI=1S/C18H24N4O5/c1-12(23)20-15(6-7-16(19)24)18(26)21-8-9-22(17(25)11-21)13-4-3-5-14(10-13)27-2/h3-5,10,15H,6-9,11H2,1-2H3,(H2,19,24)(H,20,23)/t15-/m0/s1. The molecule has 0 spiro atoms. The van der Waals surface area contributed by atoms with Gasteiger partial charge in [0.05, 0.1) is 7.11 Å². The second-order valence-electron chi connectivity index (χ2n) is 6.26. The predicted octanol–water partition coefficient (Wildman–Crippen LogP) is -0.359. The van der Waals surface area contributed by atoms with Crippen LogP contribution in [0.3, 0.4) is 0 Å². The van der Waals surface area contributed by atoms with E-state index in [2.05, 4.69) is 5.32 Å². The van der Waals surface area contributed by atoms with Gasteiger partial charge in [-0.25, -0.2) is 0 Å². The van der Waals surface area contributed by atoms with Crippen molar-refractivity contribution in [2.75, 3.05) is 31.6 Å². The van der Waals surface area contributed by atoms with Crippen molar-refractivity contribution in [2.45, 2.75) is 25.8 Å². The number of carbonyl (C=O) groups is 4. The van der Waals surface area contributed by atoms with Crippen LogP contribution in [0, 0.1) is 0 Å². The summed E-state index contributed by atoms with van der Waals surface area (Å²) in [5, 5.41) is 2.53. The minimum atomic E-state index is -0.883. The molecule has 27 heavy (non-hydrogen) atoms. The van der Waals surface area contributed by atoms with Crippen LogP contribution in [-0.2, 0) is 19.2 Å². The zero-order chi connectivity index (χ0) is 20.0. The van der Waals surface area contributed by atoms with Crippen molar-refractivity contribution in [3.8, 4) is 5.75 Å². The molecule has 1 aliphatic heterocycles. The second kappa shape index (κ2) is 9.02. The fourth-order valence-corrected chi connectivity index (χ4v) is 2.92. The number of benzene rings is 1. The Kier molecular flexibility index (Phi) is 6.75. The lowest BCUT2D eigenvalue weighted by Crippen LogP contribution is -2.57. The normalized spacial score (nSPS) is 15.3. The third-order valence-electron chi connectivity index (χ3n) is 4.25. The quantitative estimate of drug-likeness (QED) is 0.673. The fourth-order valence-electron chi connectivity index (χ4n) is 2.92. The molecule has 1 saturated heterocycles. The minimum absolute atomic E-state index is 0.0333. The number of nitrogens with zero attached hydrogens (tertiary/aromatic N) is 2. The number of hydrogen-bond acceptors (Lipinski definition) is 5. The smallest absolute Gasteiger partial charge is 0.246 e. The number of primary amides is 1. The number of ether oxygens (including phenoxy) is 1. The van der Waals surface area contributed by atoms with Crippen LogP contribution in [0.4, 0.5) is 5.69 Å². The summed E-state index contributed by atoms with van der Waals surface area (Å²) in [6.45, 7) is 1.81. The number of hydrogen-bond donors (Lipinski definition) is 2. The molecule has 9 nitrogen and oxygen atoms in total. The van der Waals surface area contributed by atoms with Crippen molar-refractivity contribution in [2.24, 2.45) is 5.73 Å². The Bertz CT molecular complexity index is 736. The molecule has 0 aliphatic carbocycles. The lowest BCUT2D eigenvalue weighted by Gasteiger charge is -2.36. The molecule has 0 saturated carbocycles. The van der Waals surface area contributed by atoms with Crippen molar-refractivity contribution >= 4 is 29.3 Å². The predicted molar refractivity (Wildman–Crippen MR) is 98.0 cm³/mol. The van der Waals surface area contributed by atoms with Crippen molar-refractivity contribution in [3.63, 3.8) is 0 Å². The van der Waals surface area contributed by atoms with E-state index in [9.17, 15) is 19.2 Å². The maximum Gasteiger partial charge on any atom is 0.246 e. The van der Waals surface area contributed by atoms with Crippen LogP contribution in [0.5, 0.6) is 5.75 Å². The summed E-state index contributed by atoms with van der Waals surface area (Å²) >= 11 is 0. The molecular formula is C18H24N4O5. The summed E-state index contributed by atoms with van der Waals surface area (Å²) < 4.78 is 5.17. The SMILES string of the molecule is COc1cccc(N2CCN(C(=O)[C@H](CCC(N)=O)NC(C)=O)CC2=O)c1. The molecule has 0 radical (unpaired) electrons. The topological polar surface area (TPSA) is 122 Å². The molecular weight excluding hydrogens is 352 g/mol. The highest BCUT2D eigenvalue weighted by Gasteiger charge is 2.32. The Hall–Kier alpha value is -3.10. The number of anilines is 1. The summed E-state index contributed by atoms with van der Waals surface area (Å²) in [4.78, 5) is 50.6. The molecule has 3 N–H and O–H groups in total. The summed E-state index contributed by atoms with van der Waals surface area (Å²) in [5.41, 5.74) is 5.82. The van der Waals surface area contributed by atoms with Gasteiger partial charge in [-0.3, -0.25) is 19.2 Å². The van der Waals surface area contributed by atoms with Crippen LogP contribution in [0.1, 0.15) is 19.8 Å². The van der Waals surface area contributed by atoms with Gasteiger partial charge in [0.25, 0.3) is 0 Å². The fraction of sp³-hybridized carbons (Fsp3) is 0.444. The monoisotopic (exact) mass is 376 g/mol. The number of amides is 4. The third-order valence-corrected chi connectivity index (χ3v) is 4.25. The summed E-state index contributed by atoms with van der Waals surface area (Å²) in [5.74, 6) is -0.948. The highest BCUT2D eigenvalue weighted by molar-refractivity contribution is 5.99. The molecule has 1 aromatic rings. The zero-order valence-corrected chi connectivity index (χ0v) is 15.4. The number of rotatable bonds is 7. The maximum absolute atomic E-state index is 12.7. The molecule has 0 aromatic heterocycles. The van der Waals surface area contributed by atoms with E-state index in [0.29, 0.717) is 24.5 Å². The van der Waals surface area contributed by atoms with Gasteiger partial charge in [-0.2, -0.15) is 0 Å². The summed E-state index contributed by atoms with van der Waals surface area (Å²) in [6, 6.07) is 6.24. The van der Waals surface area contributed by atoms with Crippen LogP contribution in [0.15, 0.2) is 24.3 Å². The van der Waals surface area contributed by atoms with E-state index in [4.69, 9.17) is 10.5 Å². The molecule has 1 heterocycles. The van der Waals surface area contributed by atoms with Gasteiger partial charge < -0.3 is 25.6 Å². The number of methoxy groups -OCH3 is 1. The van der Waals surface area contributed by atoms with Gasteiger partial charge in [0.1, 0.15) is 18.3 Å². The van der Waals surface area contributed by atoms with E-state index in [1.165, 1.54) is 11.8 Å². The average Bonchev–Trinajstić information content (AvgIpc) is 2.64. The number of piperazine rings is 1. The Morgan fingerprint density at radius 1 is 1.30 bits per heavy atom. The van der Waals surface area contributed by atoms with Crippen molar-refractivity contribution in [1.82, 2.24) is 10.2 Å². The van der Waals surface area contributed by atoms with Crippen molar-refractivity contribution in [3.05, 3.63) is 24.3 Å². The maximum atomic E-state index is 12.7. The number of carbonyl (C=O) groups excluding carboxylic acids is 4. The molecule has 0 bridgehead atoms. The first-order valence-corrected chi connectivity index (χ1v) is 8.60. The Morgan fingerprint density at radius 3 is 2.63 bits per heavy atom. The molecule has 2 rings (SSSR count). The van der Waals surface area contributed by atoms with Gasteiger partial charge in [0, 0.05) is 38.2 Å². The molecule has 1 atom stereocenters. The van der Waals surface area contributed by atoms with Crippen molar-refractivity contribution in [1.29, 1.82) is 0 Å². The molecule has 9 heteroatoms. The highest BCUT2D eigenvalue weighted by atomic mass is 16.5. The molecule has 1 fully saturated rings. The van der Waals surface area contributed by atoms with E-state index in [1.807, 2.05) is 0 Å². The molecule has 4 amide bonds. The van der Waals surface area contributed by atoms with Gasteiger partial charge in [-0.1, -0.05) is 6.07 Å². The Morgan fingerprint density at radius 2 is 2.04 bits per heavy atom. The lowest BCUT2D eigenvalue weighted by molar-refractivity contribution is -0.140. The van der Waals surface area contributed by atoms with Crippen LogP contribution in [-0.4, -0.2) is 61.3 Å². The van der Waals surface area contributed by atoms with E-state index >= 15 is 0 Å². The summed E-state index contributed by atoms with van der Waals surface area (Å²) in [7, 11) is 1.55. The highest BCUT2D eigenvalue weighted by Crippen LogP contribution is 2.23. The van der Waals surface area contributed by atoms with E-state index in [0.717, 1.165) is 0 Å². The largest absolute Gasteiger partial charge is 0.497 e. The lowest BCUT2D eigenvalue weighted by atomic mass is 10.1. The summed E-state index contributed by atoms with van der Waals surface area (Å²) in [6.07, 6.45) is 0.0619. The van der Waals surface area contributed by atoms with Crippen LogP contribution < -0.4 is 20.7 Å². The van der Waals surface area contributed by atoms with Crippen LogP contribution in [0.25, 0.3) is 0 Å². The van der Waals surface area contributed by atoms with Crippen LogP contribution in [0.2, 0.25) is 0 Å². The first-order chi connectivity index (χ1) is 12.8. The van der Waals surface area contributed by atoms with Gasteiger partial charge in [0.2, 0.25) is 23.6 Å². The number of nitrogens with two attached hydrogens (primary N) is 1. The van der Waals surface area contributed by atoms with E-state index < -0.39 is 17.9 Å². The van der Waals surface area contributed by atoms with Crippen molar-refractivity contribution < 1.29 is 23.9 Å². The van der Waals surface area contributed by atoms with Gasteiger partial charge >= 0.3 is 0 Å². The third kappa shape index (κ3) is 5.44. The second-order valence-corrected chi connectivity index (χ2v) is 6.26. The van der Waals surface area contributed by atoms with Crippen LogP contribution >= 0.6 is 0 Å². The first-order valence-electron chi connectivity index (χ1n) is 8.60. The van der Waals surface area contributed by atoms with Gasteiger partial charge in [-0.15, -0.1) is 0 Å². The van der Waals surface area contributed by atoms with Gasteiger partial charge in [0.15, 0.2) is 0 Å².